The number of phenolic OH excluding ortho intramolecular Hbond substituents is 1. The third kappa shape index (κ3) is 2.95. The van der Waals surface area contributed by atoms with Gasteiger partial charge < -0.3 is 16.2 Å². The summed E-state index contributed by atoms with van der Waals surface area (Å²) >= 11 is 0. The number of nitrogens with zero attached hydrogens (tertiary/aromatic N) is 2. The Labute approximate surface area is 106 Å². The van der Waals surface area contributed by atoms with Gasteiger partial charge in [-0.25, -0.2) is 9.97 Å². The molecule has 2 aromatic rings. The van der Waals surface area contributed by atoms with Crippen molar-refractivity contribution in [2.24, 2.45) is 5.73 Å². The normalized spacial score (nSPS) is 10.3. The molecule has 1 heterocycles. The van der Waals surface area contributed by atoms with E-state index in [2.05, 4.69) is 15.3 Å². The lowest BCUT2D eigenvalue weighted by Gasteiger charge is -2.07. The lowest BCUT2D eigenvalue weighted by atomic mass is 10.1. The van der Waals surface area contributed by atoms with E-state index in [0.29, 0.717) is 23.8 Å². The average molecular weight is 244 g/mol. The van der Waals surface area contributed by atoms with Gasteiger partial charge in [-0.2, -0.15) is 0 Å². The first-order valence-corrected chi connectivity index (χ1v) is 5.86. The Balaban J connectivity index is 2.19. The lowest BCUT2D eigenvalue weighted by Crippen LogP contribution is -2.10. The summed E-state index contributed by atoms with van der Waals surface area (Å²) in [6.45, 7) is 1.37. The van der Waals surface area contributed by atoms with Gasteiger partial charge in [-0.1, -0.05) is 12.1 Å². The zero-order valence-electron chi connectivity index (χ0n) is 10.0. The zero-order valence-corrected chi connectivity index (χ0v) is 10.0. The van der Waals surface area contributed by atoms with Crippen molar-refractivity contribution >= 4 is 5.95 Å². The van der Waals surface area contributed by atoms with Crippen molar-refractivity contribution in [2.75, 3.05) is 18.4 Å². The zero-order chi connectivity index (χ0) is 12.8. The van der Waals surface area contributed by atoms with Crippen LogP contribution in [0.15, 0.2) is 36.5 Å². The van der Waals surface area contributed by atoms with Crippen molar-refractivity contribution in [3.8, 4) is 17.0 Å². The molecule has 0 atom stereocenters. The van der Waals surface area contributed by atoms with Crippen LogP contribution in [-0.4, -0.2) is 28.2 Å². The van der Waals surface area contributed by atoms with E-state index in [1.807, 2.05) is 12.1 Å². The van der Waals surface area contributed by atoms with Crippen LogP contribution < -0.4 is 11.1 Å². The van der Waals surface area contributed by atoms with Gasteiger partial charge in [-0.15, -0.1) is 0 Å². The lowest BCUT2D eigenvalue weighted by molar-refractivity contribution is 0.477. The van der Waals surface area contributed by atoms with E-state index in [9.17, 15) is 5.11 Å². The van der Waals surface area contributed by atoms with Crippen molar-refractivity contribution in [3.05, 3.63) is 36.5 Å². The van der Waals surface area contributed by atoms with Crippen molar-refractivity contribution in [2.45, 2.75) is 6.42 Å². The van der Waals surface area contributed by atoms with E-state index in [0.717, 1.165) is 13.0 Å². The number of anilines is 1. The van der Waals surface area contributed by atoms with Crippen LogP contribution in [0.2, 0.25) is 0 Å². The molecule has 0 aliphatic carbocycles. The quantitative estimate of drug-likeness (QED) is 0.696. The summed E-state index contributed by atoms with van der Waals surface area (Å²) in [5.41, 5.74) is 6.81. The average Bonchev–Trinajstić information content (AvgIpc) is 2.40. The summed E-state index contributed by atoms with van der Waals surface area (Å²) in [5.74, 6) is 0.758. The Kier molecular flexibility index (Phi) is 4.09. The van der Waals surface area contributed by atoms with Crippen LogP contribution >= 0.6 is 0 Å². The fourth-order valence-electron chi connectivity index (χ4n) is 1.59. The number of aromatic nitrogens is 2. The number of benzene rings is 1. The summed E-state index contributed by atoms with van der Waals surface area (Å²) < 4.78 is 0. The second kappa shape index (κ2) is 5.97. The molecule has 0 saturated carbocycles. The van der Waals surface area contributed by atoms with Crippen LogP contribution in [-0.2, 0) is 0 Å². The first kappa shape index (κ1) is 12.3. The number of nitrogens with two attached hydrogens (primary N) is 1. The highest BCUT2D eigenvalue weighted by atomic mass is 16.3. The maximum Gasteiger partial charge on any atom is 0.223 e. The van der Waals surface area contributed by atoms with Gasteiger partial charge in [-0.05, 0) is 31.2 Å². The first-order chi connectivity index (χ1) is 8.81. The van der Waals surface area contributed by atoms with Gasteiger partial charge in [0.25, 0.3) is 0 Å². The first-order valence-electron chi connectivity index (χ1n) is 5.86. The van der Waals surface area contributed by atoms with Crippen LogP contribution in [0.3, 0.4) is 0 Å². The fourth-order valence-corrected chi connectivity index (χ4v) is 1.59. The third-order valence-electron chi connectivity index (χ3n) is 2.50. The summed E-state index contributed by atoms with van der Waals surface area (Å²) in [4.78, 5) is 8.47. The smallest absolute Gasteiger partial charge is 0.223 e. The SMILES string of the molecule is NCCCNc1nccc(-c2ccccc2O)n1. The molecule has 1 aromatic heterocycles. The topological polar surface area (TPSA) is 84.1 Å². The van der Waals surface area contributed by atoms with Gasteiger partial charge >= 0.3 is 0 Å². The minimum absolute atomic E-state index is 0.212. The molecule has 0 saturated heterocycles. The highest BCUT2D eigenvalue weighted by Crippen LogP contribution is 2.26. The van der Waals surface area contributed by atoms with Gasteiger partial charge in [0.2, 0.25) is 5.95 Å². The van der Waals surface area contributed by atoms with Crippen molar-refractivity contribution in [1.82, 2.24) is 9.97 Å². The molecule has 4 N–H and O–H groups in total. The van der Waals surface area contributed by atoms with Crippen LogP contribution in [0.25, 0.3) is 11.3 Å². The highest BCUT2D eigenvalue weighted by Gasteiger charge is 2.05. The fraction of sp³-hybridized carbons (Fsp3) is 0.231. The molecule has 0 fully saturated rings. The Hall–Kier alpha value is -2.14. The Bertz CT molecular complexity index is 516. The van der Waals surface area contributed by atoms with Crippen molar-refractivity contribution < 1.29 is 5.11 Å². The maximum atomic E-state index is 9.77. The monoisotopic (exact) mass is 244 g/mol. The van der Waals surface area contributed by atoms with E-state index in [-0.39, 0.29) is 5.75 Å². The van der Waals surface area contributed by atoms with E-state index in [4.69, 9.17) is 5.73 Å². The summed E-state index contributed by atoms with van der Waals surface area (Å²) in [7, 11) is 0. The number of phenols is 1. The molecule has 5 nitrogen and oxygen atoms in total. The largest absolute Gasteiger partial charge is 0.507 e. The summed E-state index contributed by atoms with van der Waals surface area (Å²) in [6, 6.07) is 8.86. The minimum atomic E-state index is 0.212. The molecule has 1 aromatic carbocycles. The van der Waals surface area contributed by atoms with Crippen molar-refractivity contribution in [3.63, 3.8) is 0 Å². The minimum Gasteiger partial charge on any atom is -0.507 e. The van der Waals surface area contributed by atoms with Crippen LogP contribution in [0.5, 0.6) is 5.75 Å². The predicted molar refractivity (Wildman–Crippen MR) is 71.3 cm³/mol. The number of nitrogens with one attached hydrogen (secondary N) is 1. The number of rotatable bonds is 5. The molecule has 0 radical (unpaired) electrons. The van der Waals surface area contributed by atoms with E-state index >= 15 is 0 Å². The van der Waals surface area contributed by atoms with Crippen molar-refractivity contribution in [1.29, 1.82) is 0 Å². The molecular weight excluding hydrogens is 228 g/mol. The Morgan fingerprint density at radius 3 is 2.83 bits per heavy atom. The molecule has 0 aliphatic rings. The number of hydrogen-bond acceptors (Lipinski definition) is 5. The number of hydrogen-bond donors (Lipinski definition) is 3. The van der Waals surface area contributed by atoms with Gasteiger partial charge in [0, 0.05) is 18.3 Å². The summed E-state index contributed by atoms with van der Waals surface area (Å²) in [6.07, 6.45) is 2.53. The van der Waals surface area contributed by atoms with Gasteiger partial charge in [0.1, 0.15) is 5.75 Å². The Morgan fingerprint density at radius 2 is 2.06 bits per heavy atom. The van der Waals surface area contributed by atoms with Gasteiger partial charge in [0.15, 0.2) is 0 Å². The third-order valence-corrected chi connectivity index (χ3v) is 2.50. The van der Waals surface area contributed by atoms with E-state index in [1.165, 1.54) is 0 Å². The summed E-state index contributed by atoms with van der Waals surface area (Å²) in [5, 5.41) is 12.9. The van der Waals surface area contributed by atoms with Crippen LogP contribution in [0.4, 0.5) is 5.95 Å². The standard InChI is InChI=1S/C13H16N4O/c14-7-3-8-15-13-16-9-6-11(17-13)10-4-1-2-5-12(10)18/h1-2,4-6,9,18H,3,7-8,14H2,(H,15,16,17). The van der Waals surface area contributed by atoms with Gasteiger partial charge in [-0.3, -0.25) is 0 Å². The molecule has 0 aliphatic heterocycles. The second-order valence-corrected chi connectivity index (χ2v) is 3.85. The van der Waals surface area contributed by atoms with Gasteiger partial charge in [0.05, 0.1) is 5.69 Å². The number of aromatic hydroxyl groups is 1. The molecule has 2 rings (SSSR count). The van der Waals surface area contributed by atoms with E-state index in [1.54, 1.807) is 24.4 Å². The Morgan fingerprint density at radius 1 is 1.22 bits per heavy atom. The molecule has 0 bridgehead atoms. The molecule has 94 valence electrons. The number of para-hydroxylation sites is 1. The highest BCUT2D eigenvalue weighted by molar-refractivity contribution is 5.66. The van der Waals surface area contributed by atoms with E-state index < -0.39 is 0 Å². The predicted octanol–water partition coefficient (Wildman–Crippen LogP) is 1.61. The van der Waals surface area contributed by atoms with Crippen LogP contribution in [0.1, 0.15) is 6.42 Å². The molecule has 5 heteroatoms. The molecule has 0 amide bonds. The van der Waals surface area contributed by atoms with Crippen LogP contribution in [0, 0.1) is 0 Å². The second-order valence-electron chi connectivity index (χ2n) is 3.85. The molecular formula is C13H16N4O. The molecule has 0 spiro atoms. The molecule has 18 heavy (non-hydrogen) atoms. The molecule has 0 unspecified atom stereocenters. The maximum absolute atomic E-state index is 9.77.